The normalized spacial score (nSPS) is 17.7. The third-order valence-electron chi connectivity index (χ3n) is 5.50. The van der Waals surface area contributed by atoms with Crippen molar-refractivity contribution in [3.8, 4) is 0 Å². The summed E-state index contributed by atoms with van der Waals surface area (Å²) in [5, 5.41) is 2.89. The lowest BCUT2D eigenvalue weighted by atomic mass is 10.0. The van der Waals surface area contributed by atoms with Crippen molar-refractivity contribution >= 4 is 32.0 Å². The number of benzene rings is 2. The maximum atomic E-state index is 12.8. The largest absolute Gasteiger partial charge is 0.695 e. The fourth-order valence-corrected chi connectivity index (χ4v) is 5.47. The highest BCUT2D eigenvalue weighted by atomic mass is 32.2. The van der Waals surface area contributed by atoms with Crippen LogP contribution in [0.1, 0.15) is 25.8 Å². The van der Waals surface area contributed by atoms with Crippen LogP contribution in [0, 0.1) is 5.92 Å². The van der Waals surface area contributed by atoms with Gasteiger partial charge in [-0.05, 0) is 54.1 Å². The average Bonchev–Trinajstić information content (AvgIpc) is 3.32. The molecule has 4 N–H and O–H groups in total. The Morgan fingerprint density at radius 2 is 1.94 bits per heavy atom. The number of nitrogens with zero attached hydrogens (tertiary/aromatic N) is 1. The molecule has 1 aliphatic heterocycles. The number of anilines is 1. The lowest BCUT2D eigenvalue weighted by molar-refractivity contribution is 0.0693. The number of ether oxygens (including phenoxy) is 2. The van der Waals surface area contributed by atoms with Crippen LogP contribution in [-0.4, -0.2) is 59.8 Å². The zero-order chi connectivity index (χ0) is 25.9. The van der Waals surface area contributed by atoms with Gasteiger partial charge in [0.1, 0.15) is 6.10 Å². The molecule has 9 nitrogen and oxygen atoms in total. The summed E-state index contributed by atoms with van der Waals surface area (Å²) < 4.78 is 30.3. The van der Waals surface area contributed by atoms with E-state index in [1.165, 1.54) is 11.9 Å². The number of amides is 1. The van der Waals surface area contributed by atoms with E-state index in [-0.39, 0.29) is 6.10 Å². The number of alkyl carbamates (subject to hydrolysis) is 1. The van der Waals surface area contributed by atoms with Crippen molar-refractivity contribution in [2.24, 2.45) is 5.92 Å². The molecule has 1 aliphatic rings. The number of nitrogen functional groups attached to an aromatic ring is 1. The SMILES string of the molecule is CC(C)CN(C[C@@H](O[P+](=O)O)[C@H](Cc1ccccc1)NC(=O)O[C@H]1CCOC1)Sc1ccc(N)cc1. The number of nitrogens with two attached hydrogens (primary N) is 1. The molecule has 4 atom stereocenters. The molecule has 0 bridgehead atoms. The zero-order valence-corrected chi connectivity index (χ0v) is 22.3. The van der Waals surface area contributed by atoms with Crippen molar-refractivity contribution < 1.29 is 28.3 Å². The minimum atomic E-state index is -2.91. The van der Waals surface area contributed by atoms with Gasteiger partial charge < -0.3 is 20.5 Å². The van der Waals surface area contributed by atoms with Gasteiger partial charge in [0.05, 0.1) is 19.3 Å². The molecule has 3 rings (SSSR count). The van der Waals surface area contributed by atoms with Crippen LogP contribution in [0.3, 0.4) is 0 Å². The molecule has 1 amide bonds. The maximum absolute atomic E-state index is 12.8. The molecule has 36 heavy (non-hydrogen) atoms. The van der Waals surface area contributed by atoms with Crippen LogP contribution in [0.4, 0.5) is 10.5 Å². The summed E-state index contributed by atoms with van der Waals surface area (Å²) in [4.78, 5) is 23.4. The predicted octanol–water partition coefficient (Wildman–Crippen LogP) is 4.40. The van der Waals surface area contributed by atoms with Crippen molar-refractivity contribution in [3.63, 3.8) is 0 Å². The van der Waals surface area contributed by atoms with E-state index in [9.17, 15) is 14.3 Å². The molecule has 1 saturated heterocycles. The van der Waals surface area contributed by atoms with Gasteiger partial charge in [0.2, 0.25) is 0 Å². The summed E-state index contributed by atoms with van der Waals surface area (Å²) in [6, 6.07) is 16.5. The maximum Gasteiger partial charge on any atom is 0.695 e. The van der Waals surface area contributed by atoms with Crippen LogP contribution in [-0.2, 0) is 25.0 Å². The van der Waals surface area contributed by atoms with Crippen molar-refractivity contribution in [3.05, 3.63) is 60.2 Å². The molecule has 0 saturated carbocycles. The molecule has 2 aromatic carbocycles. The molecule has 11 heteroatoms. The molecular weight excluding hydrogens is 501 g/mol. The van der Waals surface area contributed by atoms with Gasteiger partial charge in [-0.25, -0.2) is 9.10 Å². The second-order valence-electron chi connectivity index (χ2n) is 9.11. The topological polar surface area (TPSA) is 123 Å². The Bertz CT molecular complexity index is 960. The number of nitrogens with one attached hydrogen (secondary N) is 1. The number of carbonyl (C=O) groups excluding carboxylic acids is 1. The van der Waals surface area contributed by atoms with Gasteiger partial charge in [-0.3, -0.25) is 0 Å². The summed E-state index contributed by atoms with van der Waals surface area (Å²) in [5.74, 6) is 0.322. The van der Waals surface area contributed by atoms with Crippen molar-refractivity contribution in [2.75, 3.05) is 32.0 Å². The van der Waals surface area contributed by atoms with E-state index in [1.807, 2.05) is 54.6 Å². The Kier molecular flexibility index (Phi) is 11.4. The monoisotopic (exact) mass is 536 g/mol. The molecular formula is C25H35N3O6PS+. The number of carbonyl (C=O) groups is 1. The standard InChI is InChI=1S/C25H34N3O6PS/c1-18(2)15-28(36-22-10-8-20(26)9-11-22)16-24(34-35(30)31)23(14-19-6-4-3-5-7-19)27-25(29)33-21-12-13-32-17-21/h3-11,18,21,23-24H,12-17,26H2,1-2H3,(H-,27,29,30,31)/p+1/t21-,23-,24+/m0/s1. The smallest absolute Gasteiger partial charge is 0.444 e. The minimum Gasteiger partial charge on any atom is -0.444 e. The Morgan fingerprint density at radius 1 is 1.22 bits per heavy atom. The molecule has 0 radical (unpaired) electrons. The lowest BCUT2D eigenvalue weighted by Crippen LogP contribution is -2.50. The average molecular weight is 537 g/mol. The fraction of sp³-hybridized carbons (Fsp3) is 0.480. The molecule has 0 spiro atoms. The van der Waals surface area contributed by atoms with Gasteiger partial charge in [-0.1, -0.05) is 44.2 Å². The molecule has 1 fully saturated rings. The highest BCUT2D eigenvalue weighted by Crippen LogP contribution is 2.29. The van der Waals surface area contributed by atoms with E-state index < -0.39 is 26.5 Å². The van der Waals surface area contributed by atoms with Crippen molar-refractivity contribution in [1.29, 1.82) is 0 Å². The number of rotatable bonds is 13. The molecule has 196 valence electrons. The highest BCUT2D eigenvalue weighted by molar-refractivity contribution is 7.97. The number of hydrogen-bond donors (Lipinski definition) is 3. The minimum absolute atomic E-state index is 0.291. The second kappa shape index (κ2) is 14.5. The molecule has 0 aromatic heterocycles. The van der Waals surface area contributed by atoms with E-state index >= 15 is 0 Å². The molecule has 1 unspecified atom stereocenters. The Balaban J connectivity index is 1.81. The van der Waals surface area contributed by atoms with Crippen LogP contribution in [0.2, 0.25) is 0 Å². The zero-order valence-electron chi connectivity index (χ0n) is 20.6. The van der Waals surface area contributed by atoms with Gasteiger partial charge >= 0.3 is 14.3 Å². The summed E-state index contributed by atoms with van der Waals surface area (Å²) in [7, 11) is -2.91. The van der Waals surface area contributed by atoms with Gasteiger partial charge in [0, 0.05) is 34.7 Å². The summed E-state index contributed by atoms with van der Waals surface area (Å²) in [5.41, 5.74) is 7.46. The number of hydrogen-bond acceptors (Lipinski definition) is 8. The molecule has 1 heterocycles. The van der Waals surface area contributed by atoms with Crippen molar-refractivity contribution in [1.82, 2.24) is 9.62 Å². The lowest BCUT2D eigenvalue weighted by Gasteiger charge is -2.30. The highest BCUT2D eigenvalue weighted by Gasteiger charge is 2.35. The fourth-order valence-electron chi connectivity index (χ4n) is 3.87. The Labute approximate surface area is 217 Å². The quantitative estimate of drug-likeness (QED) is 0.194. The van der Waals surface area contributed by atoms with Gasteiger partial charge in [0.15, 0.2) is 6.10 Å². The van der Waals surface area contributed by atoms with Crippen molar-refractivity contribution in [2.45, 2.75) is 49.8 Å². The van der Waals surface area contributed by atoms with E-state index in [1.54, 1.807) is 0 Å². The van der Waals surface area contributed by atoms with Crippen LogP contribution in [0.15, 0.2) is 59.5 Å². The first-order valence-corrected chi connectivity index (χ1v) is 13.9. The predicted molar refractivity (Wildman–Crippen MR) is 141 cm³/mol. The summed E-state index contributed by atoms with van der Waals surface area (Å²) in [6.45, 7) is 6.09. The van der Waals surface area contributed by atoms with E-state index in [4.69, 9.17) is 19.7 Å². The summed E-state index contributed by atoms with van der Waals surface area (Å²) >= 11 is 1.51. The van der Waals surface area contributed by atoms with Crippen LogP contribution < -0.4 is 11.1 Å². The Hall–Kier alpha value is -2.20. The van der Waals surface area contributed by atoms with E-state index in [2.05, 4.69) is 23.5 Å². The molecule has 2 aromatic rings. The van der Waals surface area contributed by atoms with Gasteiger partial charge in [-0.2, -0.15) is 0 Å². The van der Waals surface area contributed by atoms with Gasteiger partial charge in [0.25, 0.3) is 0 Å². The van der Waals surface area contributed by atoms with E-state index in [0.29, 0.717) is 50.8 Å². The second-order valence-corrected chi connectivity index (χ2v) is 11.0. The van der Waals surface area contributed by atoms with Crippen LogP contribution in [0.25, 0.3) is 0 Å². The van der Waals surface area contributed by atoms with Crippen LogP contribution in [0.5, 0.6) is 0 Å². The first kappa shape index (κ1) is 28.4. The summed E-state index contributed by atoms with van der Waals surface area (Å²) in [6.07, 6.45) is -0.664. The Morgan fingerprint density at radius 3 is 2.56 bits per heavy atom. The first-order valence-electron chi connectivity index (χ1n) is 12.0. The first-order chi connectivity index (χ1) is 17.3. The third kappa shape index (κ3) is 10.0. The van der Waals surface area contributed by atoms with E-state index in [0.717, 1.165) is 10.5 Å². The van der Waals surface area contributed by atoms with Crippen LogP contribution >= 0.6 is 20.2 Å². The molecule has 0 aliphatic carbocycles. The van der Waals surface area contributed by atoms with Gasteiger partial charge in [-0.15, -0.1) is 9.42 Å². The third-order valence-corrected chi connectivity index (χ3v) is 7.00.